The third-order valence-corrected chi connectivity index (χ3v) is 6.03. The molecule has 1 heterocycles. The maximum absolute atomic E-state index is 13.3. The Bertz CT molecular complexity index is 975. The highest BCUT2D eigenvalue weighted by molar-refractivity contribution is 7.89. The van der Waals surface area contributed by atoms with Crippen LogP contribution in [-0.4, -0.2) is 33.6 Å². The number of carbonyl (C=O) groups is 1. The van der Waals surface area contributed by atoms with Crippen LogP contribution in [0.2, 0.25) is 5.02 Å². The van der Waals surface area contributed by atoms with Gasteiger partial charge >= 0.3 is 0 Å². The highest BCUT2D eigenvalue weighted by Crippen LogP contribution is 2.24. The topological polar surface area (TPSA) is 84.5 Å². The number of hydrogen-bond acceptors (Lipinski definition) is 4. The van der Waals surface area contributed by atoms with E-state index < -0.39 is 27.6 Å². The molecule has 0 aliphatic carbocycles. The van der Waals surface area contributed by atoms with Crippen molar-refractivity contribution in [1.29, 1.82) is 0 Å². The van der Waals surface area contributed by atoms with Gasteiger partial charge in [0, 0.05) is 30.5 Å². The molecule has 0 saturated carbocycles. The number of carbonyl (C=O) groups excluding carboxylic acids is 1. The fourth-order valence-electron chi connectivity index (χ4n) is 2.77. The Morgan fingerprint density at radius 2 is 1.89 bits per heavy atom. The summed E-state index contributed by atoms with van der Waals surface area (Å²) in [6, 6.07) is 6.23. The molecule has 1 atom stereocenters. The minimum atomic E-state index is -3.98. The maximum Gasteiger partial charge on any atom is 0.255 e. The van der Waals surface area contributed by atoms with Gasteiger partial charge in [-0.1, -0.05) is 11.6 Å². The van der Waals surface area contributed by atoms with Gasteiger partial charge in [0.25, 0.3) is 5.91 Å². The monoisotopic (exact) mass is 430 g/mol. The van der Waals surface area contributed by atoms with Crippen LogP contribution < -0.4 is 10.0 Å². The van der Waals surface area contributed by atoms with Gasteiger partial charge in [0.15, 0.2) is 0 Å². The molecule has 1 aliphatic heterocycles. The van der Waals surface area contributed by atoms with Crippen LogP contribution in [0, 0.1) is 11.6 Å². The normalized spacial score (nSPS) is 16.9. The molecule has 0 aromatic heterocycles. The van der Waals surface area contributed by atoms with Crippen LogP contribution in [0.5, 0.6) is 0 Å². The second-order valence-electron chi connectivity index (χ2n) is 6.24. The van der Waals surface area contributed by atoms with Crippen molar-refractivity contribution in [1.82, 2.24) is 4.72 Å². The first kappa shape index (κ1) is 20.7. The number of nitrogens with one attached hydrogen (secondary N) is 2. The maximum atomic E-state index is 13.3. The minimum Gasteiger partial charge on any atom is -0.377 e. The lowest BCUT2D eigenvalue weighted by molar-refractivity contribution is 0.102. The highest BCUT2D eigenvalue weighted by atomic mass is 35.5. The third kappa shape index (κ3) is 5.05. The molecule has 1 unspecified atom stereocenters. The van der Waals surface area contributed by atoms with Gasteiger partial charge in [-0.3, -0.25) is 4.79 Å². The van der Waals surface area contributed by atoms with Crippen molar-refractivity contribution in [2.45, 2.75) is 23.8 Å². The van der Waals surface area contributed by atoms with Gasteiger partial charge in [0.05, 0.1) is 11.1 Å². The second kappa shape index (κ2) is 8.52. The van der Waals surface area contributed by atoms with E-state index in [1.807, 2.05) is 0 Å². The Morgan fingerprint density at radius 3 is 2.54 bits per heavy atom. The van der Waals surface area contributed by atoms with Crippen LogP contribution in [-0.2, 0) is 14.8 Å². The van der Waals surface area contributed by atoms with Crippen molar-refractivity contribution in [2.75, 3.05) is 18.5 Å². The summed E-state index contributed by atoms with van der Waals surface area (Å²) in [6.07, 6.45) is 1.41. The van der Waals surface area contributed by atoms with Crippen LogP contribution in [0.15, 0.2) is 41.3 Å². The van der Waals surface area contributed by atoms with Crippen LogP contribution in [0.25, 0.3) is 0 Å². The lowest BCUT2D eigenvalue weighted by Gasteiger charge is -2.13. The average molecular weight is 431 g/mol. The molecule has 0 bridgehead atoms. The zero-order chi connectivity index (χ0) is 20.3. The van der Waals surface area contributed by atoms with Crippen molar-refractivity contribution in [3.63, 3.8) is 0 Å². The molecule has 1 amide bonds. The van der Waals surface area contributed by atoms with Gasteiger partial charge in [-0.15, -0.1) is 0 Å². The number of rotatable bonds is 6. The standard InChI is InChI=1S/C18H17ClF2N2O4S/c19-16-4-3-11(18(24)23-14-8-12(20)7-13(21)9-14)6-17(16)28(25,26)22-10-15-2-1-5-27-15/h3-4,6-9,15,22H,1-2,5,10H2,(H,23,24). The van der Waals surface area contributed by atoms with Gasteiger partial charge in [-0.05, 0) is 43.2 Å². The van der Waals surface area contributed by atoms with E-state index in [4.69, 9.17) is 16.3 Å². The number of sulfonamides is 1. The van der Waals surface area contributed by atoms with Gasteiger partial charge in [0.1, 0.15) is 16.5 Å². The lowest BCUT2D eigenvalue weighted by Crippen LogP contribution is -2.32. The van der Waals surface area contributed by atoms with Crippen molar-refractivity contribution in [3.8, 4) is 0 Å². The van der Waals surface area contributed by atoms with E-state index in [0.29, 0.717) is 12.7 Å². The van der Waals surface area contributed by atoms with E-state index in [1.165, 1.54) is 12.1 Å². The minimum absolute atomic E-state index is 0.0356. The summed E-state index contributed by atoms with van der Waals surface area (Å²) in [5.74, 6) is -2.45. The summed E-state index contributed by atoms with van der Waals surface area (Å²) >= 11 is 6.00. The zero-order valence-corrected chi connectivity index (χ0v) is 16.1. The quantitative estimate of drug-likeness (QED) is 0.736. The van der Waals surface area contributed by atoms with Gasteiger partial charge in [-0.2, -0.15) is 0 Å². The lowest BCUT2D eigenvalue weighted by atomic mass is 10.2. The fourth-order valence-corrected chi connectivity index (χ4v) is 4.36. The van der Waals surface area contributed by atoms with Crippen LogP contribution in [0.3, 0.4) is 0 Å². The molecule has 10 heteroatoms. The predicted octanol–water partition coefficient (Wildman–Crippen LogP) is 3.33. The molecule has 2 aromatic rings. The Morgan fingerprint density at radius 1 is 1.18 bits per heavy atom. The summed E-state index contributed by atoms with van der Waals surface area (Å²) in [6.45, 7) is 0.682. The first-order valence-corrected chi connectivity index (χ1v) is 10.3. The Balaban J connectivity index is 1.78. The number of halogens is 3. The molecule has 3 rings (SSSR count). The van der Waals surface area contributed by atoms with E-state index in [2.05, 4.69) is 10.0 Å². The second-order valence-corrected chi connectivity index (χ2v) is 8.39. The predicted molar refractivity (Wildman–Crippen MR) is 99.9 cm³/mol. The highest BCUT2D eigenvalue weighted by Gasteiger charge is 2.23. The average Bonchev–Trinajstić information content (AvgIpc) is 3.13. The molecule has 2 N–H and O–H groups in total. The van der Waals surface area contributed by atoms with Crippen molar-refractivity contribution in [3.05, 3.63) is 58.6 Å². The molecule has 0 radical (unpaired) electrons. The molecule has 6 nitrogen and oxygen atoms in total. The molecule has 1 aliphatic rings. The van der Waals surface area contributed by atoms with Gasteiger partial charge < -0.3 is 10.1 Å². The van der Waals surface area contributed by atoms with E-state index in [9.17, 15) is 22.0 Å². The van der Waals surface area contributed by atoms with Crippen molar-refractivity contribution >= 4 is 33.2 Å². The summed E-state index contributed by atoms with van der Waals surface area (Å²) in [5.41, 5.74) is -0.134. The number of hydrogen-bond donors (Lipinski definition) is 2. The third-order valence-electron chi connectivity index (χ3n) is 4.13. The summed E-state index contributed by atoms with van der Waals surface area (Å²) < 4.78 is 59.4. The number of ether oxygens (including phenoxy) is 1. The largest absolute Gasteiger partial charge is 0.377 e. The number of anilines is 1. The Labute approximate surface area is 165 Å². The Kier molecular flexibility index (Phi) is 6.29. The van der Waals surface area contributed by atoms with E-state index in [1.54, 1.807) is 0 Å². The van der Waals surface area contributed by atoms with Crippen molar-refractivity contribution < 1.29 is 26.7 Å². The summed E-state index contributed by atoms with van der Waals surface area (Å²) in [4.78, 5) is 12.1. The van der Waals surface area contributed by atoms with Gasteiger partial charge in [-0.25, -0.2) is 21.9 Å². The molecule has 2 aromatic carbocycles. The smallest absolute Gasteiger partial charge is 0.255 e. The van der Waals surface area contributed by atoms with Crippen LogP contribution >= 0.6 is 11.6 Å². The number of benzene rings is 2. The zero-order valence-electron chi connectivity index (χ0n) is 14.5. The van der Waals surface area contributed by atoms with Crippen LogP contribution in [0.4, 0.5) is 14.5 Å². The molecule has 28 heavy (non-hydrogen) atoms. The Hall–Kier alpha value is -2.07. The first-order chi connectivity index (χ1) is 13.2. The van der Waals surface area contributed by atoms with E-state index >= 15 is 0 Å². The first-order valence-electron chi connectivity index (χ1n) is 8.43. The van der Waals surface area contributed by atoms with Crippen LogP contribution in [0.1, 0.15) is 23.2 Å². The van der Waals surface area contributed by atoms with E-state index in [0.717, 1.165) is 31.0 Å². The fraction of sp³-hybridized carbons (Fsp3) is 0.278. The summed E-state index contributed by atoms with van der Waals surface area (Å²) in [5, 5.41) is 2.26. The molecule has 0 spiro atoms. The number of amides is 1. The molecule has 1 saturated heterocycles. The van der Waals surface area contributed by atoms with Gasteiger partial charge in [0.2, 0.25) is 10.0 Å². The SMILES string of the molecule is O=C(Nc1cc(F)cc(F)c1)c1ccc(Cl)c(S(=O)(=O)NCC2CCCO2)c1. The van der Waals surface area contributed by atoms with E-state index in [-0.39, 0.29) is 33.8 Å². The molecular weight excluding hydrogens is 414 g/mol. The van der Waals surface area contributed by atoms with Crippen molar-refractivity contribution in [2.24, 2.45) is 0 Å². The molecule has 1 fully saturated rings. The molecule has 150 valence electrons. The molecular formula is C18H17ClF2N2O4S. The summed E-state index contributed by atoms with van der Waals surface area (Å²) in [7, 11) is -3.98.